The molecule has 0 aromatic heterocycles. The van der Waals surface area contributed by atoms with Crippen LogP contribution in [0.1, 0.15) is 39.5 Å². The molecule has 0 fully saturated rings. The fourth-order valence-electron chi connectivity index (χ4n) is 1.32. The summed E-state index contributed by atoms with van der Waals surface area (Å²) in [7, 11) is -0.238. The van der Waals surface area contributed by atoms with E-state index in [-0.39, 0.29) is 8.80 Å². The molecule has 0 saturated carbocycles. The van der Waals surface area contributed by atoms with Gasteiger partial charge >= 0.3 is 0 Å². The van der Waals surface area contributed by atoms with Crippen LogP contribution in [-0.2, 0) is 4.74 Å². The lowest BCUT2D eigenvalue weighted by Gasteiger charge is -2.19. The van der Waals surface area contributed by atoms with Gasteiger partial charge in [-0.15, -0.1) is 0 Å². The van der Waals surface area contributed by atoms with Crippen molar-refractivity contribution in [3.05, 3.63) is 0 Å². The van der Waals surface area contributed by atoms with Crippen LogP contribution in [0.4, 0.5) is 0 Å². The Morgan fingerprint density at radius 2 is 1.83 bits per heavy atom. The zero-order valence-electron chi connectivity index (χ0n) is 9.02. The van der Waals surface area contributed by atoms with E-state index in [0.29, 0.717) is 5.73 Å². The summed E-state index contributed by atoms with van der Waals surface area (Å²) in [4.78, 5) is 0. The summed E-state index contributed by atoms with van der Waals surface area (Å²) < 4.78 is 5.70. The first-order chi connectivity index (χ1) is 5.72. The van der Waals surface area contributed by atoms with Crippen LogP contribution < -0.4 is 0 Å². The molecule has 1 unspecified atom stereocenters. The molecular formula is C10H23OSi. The summed E-state index contributed by atoms with van der Waals surface area (Å²) in [5.74, 6) is 0. The molecule has 0 aliphatic carbocycles. The van der Waals surface area contributed by atoms with E-state index >= 15 is 0 Å². The molecule has 0 heterocycles. The molecule has 0 rings (SSSR count). The van der Waals surface area contributed by atoms with E-state index in [1.54, 1.807) is 0 Å². The van der Waals surface area contributed by atoms with E-state index in [2.05, 4.69) is 26.9 Å². The van der Waals surface area contributed by atoms with Crippen LogP contribution in [0.2, 0.25) is 13.1 Å². The molecule has 73 valence electrons. The first-order valence-corrected chi connectivity index (χ1v) is 7.71. The van der Waals surface area contributed by atoms with Crippen molar-refractivity contribution >= 4 is 8.80 Å². The van der Waals surface area contributed by atoms with Gasteiger partial charge in [0, 0.05) is 12.3 Å². The second-order valence-electron chi connectivity index (χ2n) is 3.52. The third kappa shape index (κ3) is 5.78. The van der Waals surface area contributed by atoms with Gasteiger partial charge in [-0.3, -0.25) is 0 Å². The number of unbranched alkanes of at least 4 members (excludes halogenated alkanes) is 2. The Morgan fingerprint density at radius 3 is 2.25 bits per heavy atom. The van der Waals surface area contributed by atoms with Crippen molar-refractivity contribution in [2.75, 3.05) is 6.61 Å². The molecule has 2 heteroatoms. The first-order valence-electron chi connectivity index (χ1n) is 5.14. The lowest BCUT2D eigenvalue weighted by molar-refractivity contribution is 0.106. The highest BCUT2D eigenvalue weighted by Crippen LogP contribution is 2.09. The normalized spacial score (nSPS) is 13.8. The molecule has 1 atom stereocenters. The second kappa shape index (κ2) is 7.81. The van der Waals surface area contributed by atoms with Gasteiger partial charge in [-0.1, -0.05) is 39.3 Å². The Balaban J connectivity index is 3.49. The van der Waals surface area contributed by atoms with E-state index in [0.717, 1.165) is 6.61 Å². The molecule has 0 aromatic rings. The molecule has 1 radical (unpaired) electrons. The fraction of sp³-hybridized carbons (Fsp3) is 1.00. The molecular weight excluding hydrogens is 164 g/mol. The molecule has 0 saturated heterocycles. The quantitative estimate of drug-likeness (QED) is 0.439. The van der Waals surface area contributed by atoms with Crippen molar-refractivity contribution in [3.63, 3.8) is 0 Å². The summed E-state index contributed by atoms with van der Waals surface area (Å²) in [5, 5.41) is 0. The van der Waals surface area contributed by atoms with E-state index in [4.69, 9.17) is 4.74 Å². The Labute approximate surface area is 79.1 Å². The maximum absolute atomic E-state index is 5.70. The second-order valence-corrected chi connectivity index (χ2v) is 6.32. The molecule has 12 heavy (non-hydrogen) atoms. The van der Waals surface area contributed by atoms with Gasteiger partial charge in [0.05, 0.1) is 8.80 Å². The van der Waals surface area contributed by atoms with Gasteiger partial charge < -0.3 is 4.74 Å². The van der Waals surface area contributed by atoms with Crippen molar-refractivity contribution in [2.45, 2.75) is 58.4 Å². The number of hydrogen-bond acceptors (Lipinski definition) is 1. The highest BCUT2D eigenvalue weighted by atomic mass is 28.3. The predicted molar refractivity (Wildman–Crippen MR) is 57.0 cm³/mol. The number of ether oxygens (including phenoxy) is 1. The number of hydrogen-bond donors (Lipinski definition) is 0. The van der Waals surface area contributed by atoms with Gasteiger partial charge in [-0.25, -0.2) is 0 Å². The molecule has 0 spiro atoms. The molecule has 0 N–H and O–H groups in total. The van der Waals surface area contributed by atoms with Crippen LogP contribution in [0.15, 0.2) is 0 Å². The van der Waals surface area contributed by atoms with Gasteiger partial charge in [0.15, 0.2) is 0 Å². The Kier molecular flexibility index (Phi) is 7.92. The smallest absolute Gasteiger partial charge is 0.0783 e. The third-order valence-corrected chi connectivity index (χ3v) is 3.82. The van der Waals surface area contributed by atoms with E-state index in [1.807, 2.05) is 0 Å². The summed E-state index contributed by atoms with van der Waals surface area (Å²) in [6.45, 7) is 9.91. The monoisotopic (exact) mass is 187 g/mol. The highest BCUT2D eigenvalue weighted by molar-refractivity contribution is 6.57. The van der Waals surface area contributed by atoms with Crippen LogP contribution in [0.25, 0.3) is 0 Å². The zero-order valence-corrected chi connectivity index (χ0v) is 10.0. The molecule has 0 amide bonds. The fourth-order valence-corrected chi connectivity index (χ4v) is 2.60. The molecule has 0 aliphatic rings. The summed E-state index contributed by atoms with van der Waals surface area (Å²) in [6.07, 6.45) is 5.30. The SMILES string of the molecule is CCCCCC(OCC)[Si](C)C. The van der Waals surface area contributed by atoms with Crippen LogP contribution in [-0.4, -0.2) is 21.1 Å². The maximum Gasteiger partial charge on any atom is 0.0783 e. The summed E-state index contributed by atoms with van der Waals surface area (Å²) in [6, 6.07) is 0. The first kappa shape index (κ1) is 12.2. The molecule has 1 nitrogen and oxygen atoms in total. The van der Waals surface area contributed by atoms with E-state index < -0.39 is 0 Å². The van der Waals surface area contributed by atoms with Crippen molar-refractivity contribution in [3.8, 4) is 0 Å². The van der Waals surface area contributed by atoms with Crippen molar-refractivity contribution in [1.29, 1.82) is 0 Å². The summed E-state index contributed by atoms with van der Waals surface area (Å²) in [5.41, 5.74) is 0.589. The highest BCUT2D eigenvalue weighted by Gasteiger charge is 2.13. The molecule has 0 aliphatic heterocycles. The minimum Gasteiger partial charge on any atom is -0.382 e. The van der Waals surface area contributed by atoms with Crippen LogP contribution in [0, 0.1) is 0 Å². The largest absolute Gasteiger partial charge is 0.382 e. The van der Waals surface area contributed by atoms with Gasteiger partial charge in [0.1, 0.15) is 0 Å². The third-order valence-electron chi connectivity index (χ3n) is 2.08. The minimum absolute atomic E-state index is 0.238. The lowest BCUT2D eigenvalue weighted by atomic mass is 10.2. The van der Waals surface area contributed by atoms with Crippen LogP contribution >= 0.6 is 0 Å². The molecule has 0 aromatic carbocycles. The summed E-state index contributed by atoms with van der Waals surface area (Å²) >= 11 is 0. The van der Waals surface area contributed by atoms with E-state index in [9.17, 15) is 0 Å². The average molecular weight is 187 g/mol. The van der Waals surface area contributed by atoms with Crippen LogP contribution in [0.5, 0.6) is 0 Å². The van der Waals surface area contributed by atoms with E-state index in [1.165, 1.54) is 25.7 Å². The lowest BCUT2D eigenvalue weighted by Crippen LogP contribution is -2.27. The van der Waals surface area contributed by atoms with Gasteiger partial charge in [-0.2, -0.15) is 0 Å². The molecule has 0 bridgehead atoms. The Bertz CT molecular complexity index is 93.8. The zero-order chi connectivity index (χ0) is 9.40. The van der Waals surface area contributed by atoms with Crippen molar-refractivity contribution in [1.82, 2.24) is 0 Å². The van der Waals surface area contributed by atoms with Crippen molar-refractivity contribution in [2.24, 2.45) is 0 Å². The average Bonchev–Trinajstić information content (AvgIpc) is 2.03. The topological polar surface area (TPSA) is 9.23 Å². The Morgan fingerprint density at radius 1 is 1.17 bits per heavy atom. The standard InChI is InChI=1S/C10H23OSi/c1-5-7-8-9-10(11-6-2)12(3)4/h10H,5-9H2,1-4H3. The predicted octanol–water partition coefficient (Wildman–Crippen LogP) is 3.27. The maximum atomic E-state index is 5.70. The minimum atomic E-state index is -0.238. The van der Waals surface area contributed by atoms with Crippen LogP contribution in [0.3, 0.4) is 0 Å². The number of rotatable bonds is 7. The Hall–Kier alpha value is 0.177. The van der Waals surface area contributed by atoms with Gasteiger partial charge in [-0.05, 0) is 13.3 Å². The van der Waals surface area contributed by atoms with Crippen molar-refractivity contribution < 1.29 is 4.74 Å². The van der Waals surface area contributed by atoms with Gasteiger partial charge in [0.2, 0.25) is 0 Å². The van der Waals surface area contributed by atoms with Gasteiger partial charge in [0.25, 0.3) is 0 Å².